The summed E-state index contributed by atoms with van der Waals surface area (Å²) in [7, 11) is 0. The summed E-state index contributed by atoms with van der Waals surface area (Å²) in [6.07, 6.45) is 4.79. The van der Waals surface area contributed by atoms with E-state index in [9.17, 15) is 9.59 Å². The Kier molecular flexibility index (Phi) is 6.23. The van der Waals surface area contributed by atoms with Crippen molar-refractivity contribution in [1.29, 1.82) is 0 Å². The van der Waals surface area contributed by atoms with Gasteiger partial charge in [0.15, 0.2) is 5.76 Å². The second-order valence-electron chi connectivity index (χ2n) is 7.36. The lowest BCUT2D eigenvalue weighted by Gasteiger charge is -2.13. The zero-order valence-corrected chi connectivity index (χ0v) is 16.5. The fraction of sp³-hybridized carbons (Fsp3) is 0.429. The number of carbonyl (C=O) groups excluding carboxylic acids is 2. The summed E-state index contributed by atoms with van der Waals surface area (Å²) in [5.74, 6) is 1.04. The lowest BCUT2D eigenvalue weighted by Crippen LogP contribution is -2.25. The molecule has 7 nitrogen and oxygen atoms in total. The molecule has 0 aliphatic heterocycles. The molecule has 2 aromatic heterocycles. The Balaban J connectivity index is 1.77. The number of amides is 2. The van der Waals surface area contributed by atoms with Crippen LogP contribution in [-0.2, 0) is 6.42 Å². The van der Waals surface area contributed by atoms with Crippen molar-refractivity contribution in [1.82, 2.24) is 15.7 Å². The molecule has 0 saturated carbocycles. The molecule has 3 rings (SSSR count). The molecule has 0 spiro atoms. The van der Waals surface area contributed by atoms with Crippen molar-refractivity contribution >= 4 is 17.5 Å². The van der Waals surface area contributed by atoms with Crippen LogP contribution in [0.15, 0.2) is 33.9 Å². The van der Waals surface area contributed by atoms with Gasteiger partial charge in [-0.2, -0.15) is 5.10 Å². The van der Waals surface area contributed by atoms with Crippen LogP contribution in [-0.4, -0.2) is 29.1 Å². The van der Waals surface area contributed by atoms with Gasteiger partial charge in [-0.25, -0.2) is 5.43 Å². The molecule has 1 aliphatic carbocycles. The van der Waals surface area contributed by atoms with E-state index in [1.807, 2.05) is 6.92 Å². The molecule has 2 aromatic rings. The standard InChI is InChI=1S/C21H26N4O3/c1-13(2)10-12-23-21(27)19-14(3)18-15(8-6-9-17(18)28-19)24-25-20(26)16-7-4-5-11-22-16/h4-5,7,11,13H,6,8-10,12H2,1-3H3,(H,23,27)(H,25,26)/b24-15+. The molecule has 0 atom stereocenters. The third-order valence-electron chi connectivity index (χ3n) is 4.73. The summed E-state index contributed by atoms with van der Waals surface area (Å²) in [5, 5.41) is 7.22. The average Bonchev–Trinajstić information content (AvgIpc) is 3.04. The van der Waals surface area contributed by atoms with Gasteiger partial charge < -0.3 is 9.73 Å². The number of carbonyl (C=O) groups is 2. The molecule has 0 bridgehead atoms. The maximum atomic E-state index is 12.5. The number of hydrogen-bond acceptors (Lipinski definition) is 5. The van der Waals surface area contributed by atoms with E-state index in [1.54, 1.807) is 24.4 Å². The minimum atomic E-state index is -0.368. The van der Waals surface area contributed by atoms with E-state index in [0.29, 0.717) is 30.3 Å². The highest BCUT2D eigenvalue weighted by molar-refractivity contribution is 6.07. The van der Waals surface area contributed by atoms with Crippen LogP contribution in [0.4, 0.5) is 0 Å². The number of rotatable bonds is 6. The highest BCUT2D eigenvalue weighted by atomic mass is 16.4. The van der Waals surface area contributed by atoms with Crippen molar-refractivity contribution in [2.75, 3.05) is 6.54 Å². The van der Waals surface area contributed by atoms with Crippen molar-refractivity contribution in [2.24, 2.45) is 11.0 Å². The lowest BCUT2D eigenvalue weighted by molar-refractivity contribution is 0.0919. The predicted molar refractivity (Wildman–Crippen MR) is 106 cm³/mol. The first-order valence-electron chi connectivity index (χ1n) is 9.66. The van der Waals surface area contributed by atoms with Gasteiger partial charge in [0.1, 0.15) is 11.5 Å². The van der Waals surface area contributed by atoms with Crippen LogP contribution in [0.2, 0.25) is 0 Å². The Morgan fingerprint density at radius 3 is 2.79 bits per heavy atom. The third-order valence-corrected chi connectivity index (χ3v) is 4.73. The Bertz CT molecular complexity index is 885. The van der Waals surface area contributed by atoms with E-state index in [1.165, 1.54) is 0 Å². The fourth-order valence-electron chi connectivity index (χ4n) is 3.22. The van der Waals surface area contributed by atoms with Gasteiger partial charge >= 0.3 is 0 Å². The second kappa shape index (κ2) is 8.82. The van der Waals surface area contributed by atoms with Crippen molar-refractivity contribution in [2.45, 2.75) is 46.5 Å². The van der Waals surface area contributed by atoms with Gasteiger partial charge in [-0.15, -0.1) is 0 Å². The van der Waals surface area contributed by atoms with Crippen LogP contribution in [0.3, 0.4) is 0 Å². The number of hydrazone groups is 1. The fourth-order valence-corrected chi connectivity index (χ4v) is 3.22. The maximum Gasteiger partial charge on any atom is 0.289 e. The molecule has 0 saturated heterocycles. The summed E-state index contributed by atoms with van der Waals surface area (Å²) < 4.78 is 5.86. The molecule has 2 N–H and O–H groups in total. The largest absolute Gasteiger partial charge is 0.455 e. The molecule has 0 unspecified atom stereocenters. The van der Waals surface area contributed by atoms with E-state index in [-0.39, 0.29) is 11.8 Å². The Morgan fingerprint density at radius 2 is 2.07 bits per heavy atom. The van der Waals surface area contributed by atoms with Crippen LogP contribution < -0.4 is 10.7 Å². The van der Waals surface area contributed by atoms with Gasteiger partial charge in [-0.3, -0.25) is 14.6 Å². The molecule has 2 amide bonds. The Hall–Kier alpha value is -2.96. The minimum Gasteiger partial charge on any atom is -0.455 e. The second-order valence-corrected chi connectivity index (χ2v) is 7.36. The number of fused-ring (bicyclic) bond motifs is 1. The van der Waals surface area contributed by atoms with E-state index >= 15 is 0 Å². The zero-order chi connectivity index (χ0) is 20.1. The molecule has 1 aliphatic rings. The Labute approximate surface area is 164 Å². The van der Waals surface area contributed by atoms with Crippen LogP contribution in [0, 0.1) is 12.8 Å². The molecule has 28 heavy (non-hydrogen) atoms. The van der Waals surface area contributed by atoms with Crippen LogP contribution in [0.1, 0.15) is 71.0 Å². The molecular formula is C21H26N4O3. The summed E-state index contributed by atoms with van der Waals surface area (Å²) >= 11 is 0. The van der Waals surface area contributed by atoms with Crippen LogP contribution in [0.5, 0.6) is 0 Å². The number of nitrogens with one attached hydrogen (secondary N) is 2. The number of furan rings is 1. The van der Waals surface area contributed by atoms with Crippen molar-refractivity contribution in [3.8, 4) is 0 Å². The summed E-state index contributed by atoms with van der Waals surface area (Å²) in [6.45, 7) is 6.71. The molecule has 0 aromatic carbocycles. The zero-order valence-electron chi connectivity index (χ0n) is 16.5. The first kappa shape index (κ1) is 19.8. The molecular weight excluding hydrogens is 356 g/mol. The Morgan fingerprint density at radius 1 is 1.25 bits per heavy atom. The van der Waals surface area contributed by atoms with Crippen LogP contribution in [0.25, 0.3) is 0 Å². The monoisotopic (exact) mass is 382 g/mol. The molecule has 7 heteroatoms. The van der Waals surface area contributed by atoms with E-state index in [2.05, 4.69) is 34.7 Å². The molecule has 0 radical (unpaired) electrons. The average molecular weight is 382 g/mol. The lowest BCUT2D eigenvalue weighted by atomic mass is 9.93. The van der Waals surface area contributed by atoms with Gasteiger partial charge in [0.25, 0.3) is 11.8 Å². The predicted octanol–water partition coefficient (Wildman–Crippen LogP) is 3.23. The van der Waals surface area contributed by atoms with E-state index in [0.717, 1.165) is 41.9 Å². The third kappa shape index (κ3) is 4.47. The first-order valence-corrected chi connectivity index (χ1v) is 9.66. The van der Waals surface area contributed by atoms with Crippen LogP contribution >= 0.6 is 0 Å². The minimum absolute atomic E-state index is 0.204. The number of aryl methyl sites for hydroxylation is 1. The summed E-state index contributed by atoms with van der Waals surface area (Å²) in [6, 6.07) is 5.13. The van der Waals surface area contributed by atoms with Crippen molar-refractivity contribution in [3.63, 3.8) is 0 Å². The van der Waals surface area contributed by atoms with Gasteiger partial charge in [0.05, 0.1) is 5.71 Å². The SMILES string of the molecule is Cc1c(C(=O)NCCC(C)C)oc2c1/C(=N/NC(=O)c1ccccn1)CCC2. The van der Waals surface area contributed by atoms with E-state index < -0.39 is 0 Å². The molecule has 148 valence electrons. The van der Waals surface area contributed by atoms with E-state index in [4.69, 9.17) is 4.42 Å². The summed E-state index contributed by atoms with van der Waals surface area (Å²) in [5.41, 5.74) is 5.20. The van der Waals surface area contributed by atoms with Gasteiger partial charge in [-0.05, 0) is 44.2 Å². The number of aromatic nitrogens is 1. The maximum absolute atomic E-state index is 12.5. The van der Waals surface area contributed by atoms with Gasteiger partial charge in [-0.1, -0.05) is 19.9 Å². The summed E-state index contributed by atoms with van der Waals surface area (Å²) in [4.78, 5) is 28.7. The molecule has 2 heterocycles. The first-order chi connectivity index (χ1) is 13.5. The number of hydrogen-bond donors (Lipinski definition) is 2. The van der Waals surface area contributed by atoms with Crippen molar-refractivity contribution in [3.05, 3.63) is 52.7 Å². The highest BCUT2D eigenvalue weighted by Crippen LogP contribution is 2.29. The number of pyridine rings is 1. The normalized spacial score (nSPS) is 14.8. The topological polar surface area (TPSA) is 96.6 Å². The van der Waals surface area contributed by atoms with Gasteiger partial charge in [0, 0.05) is 30.3 Å². The quantitative estimate of drug-likeness (QED) is 0.750. The van der Waals surface area contributed by atoms with Gasteiger partial charge in [0.2, 0.25) is 0 Å². The smallest absolute Gasteiger partial charge is 0.289 e. The number of nitrogens with zero attached hydrogens (tertiary/aromatic N) is 2. The highest BCUT2D eigenvalue weighted by Gasteiger charge is 2.28. The molecule has 0 fully saturated rings. The van der Waals surface area contributed by atoms with Crippen molar-refractivity contribution < 1.29 is 14.0 Å².